The Balaban J connectivity index is 1.21. The summed E-state index contributed by atoms with van der Waals surface area (Å²) in [6, 6.07) is 15.6. The second-order valence-corrected chi connectivity index (χ2v) is 9.79. The minimum atomic E-state index is -0.941. The summed E-state index contributed by atoms with van der Waals surface area (Å²) in [6.07, 6.45) is 3.52. The zero-order valence-electron chi connectivity index (χ0n) is 21.9. The first-order valence-corrected chi connectivity index (χ1v) is 13.1. The van der Waals surface area contributed by atoms with Gasteiger partial charge in [-0.1, -0.05) is 19.1 Å². The molecule has 0 bridgehead atoms. The Morgan fingerprint density at radius 3 is 2.50 bits per heavy atom. The highest BCUT2D eigenvalue weighted by atomic mass is 19.1. The van der Waals surface area contributed by atoms with Crippen LogP contribution in [-0.4, -0.2) is 53.6 Å². The number of carbonyl (C=O) groups is 1. The van der Waals surface area contributed by atoms with Crippen molar-refractivity contribution in [1.29, 1.82) is 0 Å². The van der Waals surface area contributed by atoms with E-state index in [1.165, 1.54) is 0 Å². The lowest BCUT2D eigenvalue weighted by molar-refractivity contribution is 0.262. The molecule has 1 aromatic heterocycles. The molecule has 2 amide bonds. The van der Waals surface area contributed by atoms with Gasteiger partial charge in [0.25, 0.3) is 0 Å². The lowest BCUT2D eigenvalue weighted by Crippen LogP contribution is -2.46. The summed E-state index contributed by atoms with van der Waals surface area (Å²) in [5.74, 6) is -0.942. The smallest absolute Gasteiger partial charge is 0.323 e. The van der Waals surface area contributed by atoms with Gasteiger partial charge in [-0.3, -0.25) is 0 Å². The maximum absolute atomic E-state index is 13.9. The number of amides is 2. The number of rotatable bonds is 6. The molecular weight excluding hydrogens is 514 g/mol. The van der Waals surface area contributed by atoms with E-state index >= 15 is 0 Å². The van der Waals surface area contributed by atoms with Crippen LogP contribution in [-0.2, 0) is 5.54 Å². The SMILES string of the molecule is CCN1CCN(c2ccc3nc(C4(c5ccc(NC(=O)Nc6ccc(F)cc6F)cc5)C=CN=N4)[nH]c3c2)CC1. The fourth-order valence-corrected chi connectivity index (χ4v) is 5.10. The van der Waals surface area contributed by atoms with Crippen molar-refractivity contribution < 1.29 is 13.6 Å². The van der Waals surface area contributed by atoms with E-state index in [1.807, 2.05) is 24.3 Å². The van der Waals surface area contributed by atoms with Gasteiger partial charge in [0.15, 0.2) is 5.54 Å². The second-order valence-electron chi connectivity index (χ2n) is 9.79. The molecule has 40 heavy (non-hydrogen) atoms. The summed E-state index contributed by atoms with van der Waals surface area (Å²) in [6.45, 7) is 7.33. The third-order valence-electron chi connectivity index (χ3n) is 7.37. The molecule has 9 nitrogen and oxygen atoms in total. The number of piperazine rings is 1. The first-order chi connectivity index (χ1) is 19.4. The van der Waals surface area contributed by atoms with Gasteiger partial charge in [0.05, 0.1) is 16.7 Å². The van der Waals surface area contributed by atoms with E-state index in [2.05, 4.69) is 54.7 Å². The van der Waals surface area contributed by atoms with Gasteiger partial charge in [0.2, 0.25) is 0 Å². The number of halogens is 2. The van der Waals surface area contributed by atoms with Crippen molar-refractivity contribution >= 4 is 34.1 Å². The van der Waals surface area contributed by atoms with Crippen molar-refractivity contribution in [2.45, 2.75) is 12.5 Å². The highest BCUT2D eigenvalue weighted by Crippen LogP contribution is 2.39. The van der Waals surface area contributed by atoms with Crippen molar-refractivity contribution in [2.24, 2.45) is 10.2 Å². The number of anilines is 3. The highest BCUT2D eigenvalue weighted by Gasteiger charge is 2.37. The number of nitrogens with zero attached hydrogens (tertiary/aromatic N) is 5. The summed E-state index contributed by atoms with van der Waals surface area (Å²) in [7, 11) is 0. The highest BCUT2D eigenvalue weighted by molar-refractivity contribution is 5.99. The summed E-state index contributed by atoms with van der Waals surface area (Å²) >= 11 is 0. The van der Waals surface area contributed by atoms with Crippen LogP contribution in [0.2, 0.25) is 0 Å². The van der Waals surface area contributed by atoms with Crippen LogP contribution in [0.5, 0.6) is 0 Å². The predicted octanol–water partition coefficient (Wildman–Crippen LogP) is 5.85. The molecule has 0 aliphatic carbocycles. The molecule has 4 aromatic rings. The Kier molecular flexibility index (Phi) is 6.72. The molecule has 1 atom stereocenters. The number of fused-ring (bicyclic) bond motifs is 1. The molecule has 0 spiro atoms. The average molecular weight is 543 g/mol. The molecule has 0 radical (unpaired) electrons. The number of nitrogens with one attached hydrogen (secondary N) is 3. The van der Waals surface area contributed by atoms with Gasteiger partial charge >= 0.3 is 6.03 Å². The second kappa shape index (κ2) is 10.5. The Bertz CT molecular complexity index is 1590. The van der Waals surface area contributed by atoms with Gasteiger partial charge in [-0.25, -0.2) is 18.6 Å². The number of aromatic amines is 1. The molecule has 1 unspecified atom stereocenters. The van der Waals surface area contributed by atoms with Gasteiger partial charge in [-0.15, -0.1) is 0 Å². The fraction of sp³-hybridized carbons (Fsp3) is 0.241. The average Bonchev–Trinajstić information content (AvgIpc) is 3.63. The maximum Gasteiger partial charge on any atom is 0.323 e. The van der Waals surface area contributed by atoms with Gasteiger partial charge < -0.3 is 25.4 Å². The van der Waals surface area contributed by atoms with E-state index in [0.717, 1.165) is 67.1 Å². The molecule has 3 heterocycles. The normalized spacial score (nSPS) is 18.9. The van der Waals surface area contributed by atoms with Crippen LogP contribution in [0.4, 0.5) is 30.6 Å². The Labute approximate surface area is 229 Å². The molecule has 204 valence electrons. The number of hydrogen-bond acceptors (Lipinski definition) is 6. The van der Waals surface area contributed by atoms with Crippen LogP contribution in [0, 0.1) is 11.6 Å². The number of aromatic nitrogens is 2. The van der Waals surface area contributed by atoms with E-state index in [1.54, 1.807) is 18.3 Å². The lowest BCUT2D eigenvalue weighted by Gasteiger charge is -2.35. The van der Waals surface area contributed by atoms with Crippen LogP contribution in [0.3, 0.4) is 0 Å². The van der Waals surface area contributed by atoms with Crippen molar-refractivity contribution in [3.8, 4) is 0 Å². The van der Waals surface area contributed by atoms with Crippen LogP contribution in [0.15, 0.2) is 83.2 Å². The van der Waals surface area contributed by atoms with Crippen LogP contribution in [0.25, 0.3) is 11.0 Å². The van der Waals surface area contributed by atoms with E-state index in [0.29, 0.717) is 17.6 Å². The van der Waals surface area contributed by atoms with E-state index < -0.39 is 23.2 Å². The molecule has 3 N–H and O–H groups in total. The molecule has 2 aliphatic rings. The standard InChI is InChI=1S/C29H28F2N8O/c1-2-38-13-15-39(16-14-38)22-8-10-25-26(18-22)35-27(34-25)29(11-12-32-37-29)19-3-6-21(7-4-19)33-28(40)36-24-9-5-20(30)17-23(24)31/h3-12,17-18H,2,13-16H2,1H3,(H,34,35)(H2,33,36,40). The van der Waals surface area contributed by atoms with Gasteiger partial charge in [-0.2, -0.15) is 10.2 Å². The van der Waals surface area contributed by atoms with E-state index in [4.69, 9.17) is 4.98 Å². The molecule has 1 saturated heterocycles. The number of likely N-dealkylation sites (N-methyl/N-ethyl adjacent to an activating group) is 1. The topological polar surface area (TPSA) is 101 Å². The number of benzene rings is 3. The van der Waals surface area contributed by atoms with Crippen molar-refractivity contribution in [3.05, 3.63) is 96.0 Å². The largest absolute Gasteiger partial charge is 0.369 e. The number of urea groups is 1. The molecule has 1 fully saturated rings. The predicted molar refractivity (Wildman–Crippen MR) is 151 cm³/mol. The molecule has 0 saturated carbocycles. The zero-order valence-corrected chi connectivity index (χ0v) is 21.9. The van der Waals surface area contributed by atoms with Crippen molar-refractivity contribution in [2.75, 3.05) is 48.3 Å². The van der Waals surface area contributed by atoms with E-state index in [-0.39, 0.29) is 5.69 Å². The zero-order chi connectivity index (χ0) is 27.7. The third kappa shape index (κ3) is 4.91. The summed E-state index contributed by atoms with van der Waals surface area (Å²) < 4.78 is 27.0. The van der Waals surface area contributed by atoms with Crippen LogP contribution in [0.1, 0.15) is 18.3 Å². The van der Waals surface area contributed by atoms with Gasteiger partial charge in [0, 0.05) is 49.8 Å². The summed E-state index contributed by atoms with van der Waals surface area (Å²) in [4.78, 5) is 25.5. The minimum absolute atomic E-state index is 0.123. The molecule has 3 aromatic carbocycles. The number of imidazole rings is 1. The van der Waals surface area contributed by atoms with Crippen molar-refractivity contribution in [1.82, 2.24) is 14.9 Å². The monoisotopic (exact) mass is 542 g/mol. The Morgan fingerprint density at radius 2 is 1.80 bits per heavy atom. The maximum atomic E-state index is 13.9. The number of carbonyl (C=O) groups excluding carboxylic acids is 1. The van der Waals surface area contributed by atoms with Gasteiger partial charge in [-0.05, 0) is 60.6 Å². The number of H-pyrrole nitrogens is 1. The Morgan fingerprint density at radius 1 is 1.00 bits per heavy atom. The van der Waals surface area contributed by atoms with Crippen molar-refractivity contribution in [3.63, 3.8) is 0 Å². The van der Waals surface area contributed by atoms with Crippen LogP contribution >= 0.6 is 0 Å². The third-order valence-corrected chi connectivity index (χ3v) is 7.37. The first kappa shape index (κ1) is 25.6. The Hall–Kier alpha value is -4.64. The molecule has 11 heteroatoms. The number of azo groups is 1. The number of hydrogen-bond donors (Lipinski definition) is 3. The quantitative estimate of drug-likeness (QED) is 0.285. The fourth-order valence-electron chi connectivity index (χ4n) is 5.10. The molecule has 6 rings (SSSR count). The lowest BCUT2D eigenvalue weighted by atomic mass is 9.90. The van der Waals surface area contributed by atoms with Gasteiger partial charge in [0.1, 0.15) is 17.5 Å². The van der Waals surface area contributed by atoms with Crippen LogP contribution < -0.4 is 15.5 Å². The minimum Gasteiger partial charge on any atom is -0.369 e. The van der Waals surface area contributed by atoms with E-state index in [9.17, 15) is 13.6 Å². The molecule has 2 aliphatic heterocycles. The molecular formula is C29H28F2N8O. The summed E-state index contributed by atoms with van der Waals surface area (Å²) in [5.41, 5.74) is 3.13. The first-order valence-electron chi connectivity index (χ1n) is 13.1. The summed E-state index contributed by atoms with van der Waals surface area (Å²) in [5, 5.41) is 13.7.